The fourth-order valence-electron chi connectivity index (χ4n) is 2.90. The van der Waals surface area contributed by atoms with Gasteiger partial charge in [-0.3, -0.25) is 9.35 Å². The minimum atomic E-state index is -4.24. The summed E-state index contributed by atoms with van der Waals surface area (Å²) in [5.41, 5.74) is 9.45. The zero-order chi connectivity index (χ0) is 18.9. The van der Waals surface area contributed by atoms with Crippen molar-refractivity contribution in [3.8, 4) is 0 Å². The van der Waals surface area contributed by atoms with Crippen LogP contribution in [-0.2, 0) is 32.5 Å². The number of carbonyl (C=O) groups excluding carboxylic acids is 1. The van der Waals surface area contributed by atoms with Crippen LogP contribution in [0.1, 0.15) is 18.1 Å². The summed E-state index contributed by atoms with van der Waals surface area (Å²) < 4.78 is 36.3. The first-order valence-corrected chi connectivity index (χ1v) is 9.25. The van der Waals surface area contributed by atoms with Gasteiger partial charge in [-0.1, -0.05) is 0 Å². The zero-order valence-electron chi connectivity index (χ0n) is 13.9. The number of fused-ring (bicyclic) bond motifs is 1. The maximum absolute atomic E-state index is 11.2. The predicted octanol–water partition coefficient (Wildman–Crippen LogP) is 2.96. The van der Waals surface area contributed by atoms with Crippen LogP contribution >= 0.6 is 0 Å². The van der Waals surface area contributed by atoms with Gasteiger partial charge in [-0.15, -0.1) is 0 Å². The summed E-state index contributed by atoms with van der Waals surface area (Å²) in [6.45, 7) is 1.36. The predicted molar refractivity (Wildman–Crippen MR) is 94.2 cm³/mol. The van der Waals surface area contributed by atoms with Crippen molar-refractivity contribution in [2.75, 3.05) is 5.73 Å². The first-order chi connectivity index (χ1) is 12.2. The first-order valence-electron chi connectivity index (χ1n) is 7.81. The fraction of sp³-hybridized carbons (Fsp3) is 0.235. The molecule has 2 aromatic carbocycles. The molecule has 0 heterocycles. The lowest BCUT2D eigenvalue weighted by Gasteiger charge is -2.08. The number of anilines is 1. The maximum atomic E-state index is 11.2. The van der Waals surface area contributed by atoms with Crippen molar-refractivity contribution in [3.05, 3.63) is 47.5 Å². The van der Waals surface area contributed by atoms with Crippen LogP contribution in [0.5, 0.6) is 0 Å². The van der Waals surface area contributed by atoms with E-state index in [9.17, 15) is 13.2 Å². The molecule has 0 bridgehead atoms. The Hall–Kier alpha value is -2.78. The van der Waals surface area contributed by atoms with E-state index in [1.807, 2.05) is 0 Å². The van der Waals surface area contributed by atoms with E-state index in [4.69, 9.17) is 15.0 Å². The highest BCUT2D eigenvalue weighted by Crippen LogP contribution is 2.36. The zero-order valence-corrected chi connectivity index (χ0v) is 14.7. The molecule has 1 aliphatic rings. The number of hydrogen-bond acceptors (Lipinski definition) is 7. The third kappa shape index (κ3) is 3.89. The van der Waals surface area contributed by atoms with Crippen LogP contribution in [0.15, 0.2) is 51.5 Å². The Morgan fingerprint density at radius 2 is 1.77 bits per heavy atom. The Morgan fingerprint density at radius 1 is 1.12 bits per heavy atom. The topological polar surface area (TPSA) is 131 Å². The second-order valence-electron chi connectivity index (χ2n) is 5.94. The minimum Gasteiger partial charge on any atom is -0.462 e. The molecule has 8 nitrogen and oxygen atoms in total. The quantitative estimate of drug-likeness (QED) is 0.365. The monoisotopic (exact) mass is 375 g/mol. The molecule has 3 rings (SSSR count). The maximum Gasteiger partial charge on any atom is 0.302 e. The van der Waals surface area contributed by atoms with Gasteiger partial charge in [0.15, 0.2) is 0 Å². The van der Waals surface area contributed by atoms with Crippen molar-refractivity contribution >= 4 is 33.1 Å². The number of carbonyl (C=O) groups is 1. The van der Waals surface area contributed by atoms with E-state index in [0.717, 1.165) is 11.1 Å². The molecule has 0 amide bonds. The summed E-state index contributed by atoms with van der Waals surface area (Å²) in [7, 11) is -4.24. The highest BCUT2D eigenvalue weighted by Gasteiger charge is 2.28. The summed E-state index contributed by atoms with van der Waals surface area (Å²) in [5, 5.41) is 8.30. The van der Waals surface area contributed by atoms with E-state index in [0.29, 0.717) is 29.9 Å². The second kappa shape index (κ2) is 6.85. The van der Waals surface area contributed by atoms with Crippen molar-refractivity contribution in [1.29, 1.82) is 0 Å². The first kappa shape index (κ1) is 18.0. The van der Waals surface area contributed by atoms with Gasteiger partial charge in [0.2, 0.25) is 0 Å². The van der Waals surface area contributed by atoms with E-state index in [1.54, 1.807) is 12.1 Å². The van der Waals surface area contributed by atoms with Gasteiger partial charge < -0.3 is 10.5 Å². The molecule has 9 heteroatoms. The van der Waals surface area contributed by atoms with Gasteiger partial charge in [-0.25, -0.2) is 0 Å². The molecule has 0 aliphatic heterocycles. The molecule has 136 valence electrons. The molecule has 0 fully saturated rings. The fourth-order valence-corrected chi connectivity index (χ4v) is 3.38. The lowest BCUT2D eigenvalue weighted by Crippen LogP contribution is -2.16. The van der Waals surface area contributed by atoms with Crippen LogP contribution < -0.4 is 5.73 Å². The Bertz CT molecular complexity index is 984. The smallest absolute Gasteiger partial charge is 0.302 e. The van der Waals surface area contributed by atoms with Gasteiger partial charge in [0.1, 0.15) is 6.10 Å². The molecule has 0 spiro atoms. The van der Waals surface area contributed by atoms with Gasteiger partial charge in [-0.2, -0.15) is 18.6 Å². The summed E-state index contributed by atoms with van der Waals surface area (Å²) in [6.07, 6.45) is 0.776. The summed E-state index contributed by atoms with van der Waals surface area (Å²) in [5.74, 6) is -0.344. The molecule has 0 saturated carbocycles. The van der Waals surface area contributed by atoms with Crippen LogP contribution in [0.4, 0.5) is 17.1 Å². The number of hydrogen-bond donors (Lipinski definition) is 2. The average molecular weight is 375 g/mol. The van der Waals surface area contributed by atoms with E-state index in [-0.39, 0.29) is 17.0 Å². The molecule has 0 saturated heterocycles. The Balaban J connectivity index is 1.85. The Labute approximate surface area is 150 Å². The van der Waals surface area contributed by atoms with Gasteiger partial charge in [0, 0.05) is 25.5 Å². The van der Waals surface area contributed by atoms with E-state index >= 15 is 0 Å². The second-order valence-corrected chi connectivity index (χ2v) is 7.36. The number of nitrogen functional groups attached to an aromatic ring is 1. The molecule has 1 unspecified atom stereocenters. The van der Waals surface area contributed by atoms with E-state index in [1.165, 1.54) is 31.2 Å². The van der Waals surface area contributed by atoms with Crippen LogP contribution in [-0.4, -0.2) is 25.0 Å². The minimum absolute atomic E-state index is 0.214. The van der Waals surface area contributed by atoms with Gasteiger partial charge in [-0.05, 0) is 47.5 Å². The number of esters is 1. The number of benzene rings is 2. The highest BCUT2D eigenvalue weighted by molar-refractivity contribution is 7.85. The third-order valence-corrected chi connectivity index (χ3v) is 4.91. The average Bonchev–Trinajstić information content (AvgIpc) is 2.97. The molecular weight excluding hydrogens is 358 g/mol. The molecule has 1 aliphatic carbocycles. The standard InChI is InChI=1S/C17H17N3O5S/c1-10(21)25-12-8-14-15(9-12)17(7-6-16(14)18)20-19-11-2-4-13(5-3-11)26(22,23)24/h2-7,12H,8-9,18H2,1H3,(H,22,23,24)/b20-19+. The Morgan fingerprint density at radius 3 is 2.38 bits per heavy atom. The van der Waals surface area contributed by atoms with Crippen LogP contribution in [0.2, 0.25) is 0 Å². The lowest BCUT2D eigenvalue weighted by atomic mass is 10.1. The lowest BCUT2D eigenvalue weighted by molar-refractivity contribution is -0.145. The van der Waals surface area contributed by atoms with Gasteiger partial charge >= 0.3 is 5.97 Å². The van der Waals surface area contributed by atoms with Crippen molar-refractivity contribution in [2.45, 2.75) is 30.8 Å². The summed E-state index contributed by atoms with van der Waals surface area (Å²) >= 11 is 0. The number of rotatable bonds is 4. The van der Waals surface area contributed by atoms with E-state index < -0.39 is 10.1 Å². The normalized spacial score (nSPS) is 16.6. The van der Waals surface area contributed by atoms with Gasteiger partial charge in [0.25, 0.3) is 10.1 Å². The Kier molecular flexibility index (Phi) is 4.75. The van der Waals surface area contributed by atoms with E-state index in [2.05, 4.69) is 10.2 Å². The summed E-state index contributed by atoms with van der Waals surface area (Å²) in [4.78, 5) is 11.0. The van der Waals surface area contributed by atoms with Gasteiger partial charge in [0.05, 0.1) is 16.3 Å². The number of azo groups is 1. The van der Waals surface area contributed by atoms with Crippen molar-refractivity contribution in [1.82, 2.24) is 0 Å². The molecule has 2 aromatic rings. The molecule has 1 atom stereocenters. The molecule has 0 radical (unpaired) electrons. The highest BCUT2D eigenvalue weighted by atomic mass is 32.2. The SMILES string of the molecule is CC(=O)OC1Cc2c(N)ccc(/N=N/c3ccc(S(=O)(=O)O)cc3)c2C1. The van der Waals surface area contributed by atoms with Crippen LogP contribution in [0, 0.1) is 0 Å². The van der Waals surface area contributed by atoms with Crippen molar-refractivity contribution in [2.24, 2.45) is 10.2 Å². The van der Waals surface area contributed by atoms with Crippen LogP contribution in [0.3, 0.4) is 0 Å². The molecule has 26 heavy (non-hydrogen) atoms. The number of nitrogens with zero attached hydrogens (tertiary/aromatic N) is 2. The molecule has 0 aromatic heterocycles. The largest absolute Gasteiger partial charge is 0.462 e. The van der Waals surface area contributed by atoms with Crippen molar-refractivity contribution in [3.63, 3.8) is 0 Å². The van der Waals surface area contributed by atoms with Crippen LogP contribution in [0.25, 0.3) is 0 Å². The van der Waals surface area contributed by atoms with Crippen molar-refractivity contribution < 1.29 is 22.5 Å². The number of nitrogens with two attached hydrogens (primary N) is 1. The summed E-state index contributed by atoms with van der Waals surface area (Å²) in [6, 6.07) is 8.82. The third-order valence-electron chi connectivity index (χ3n) is 4.05. The molecular formula is C17H17N3O5S. The molecule has 3 N–H and O–H groups in total. The number of ether oxygens (including phenoxy) is 1.